The highest BCUT2D eigenvalue weighted by atomic mass is 14.9. The third kappa shape index (κ3) is 3.45. The molecule has 1 aliphatic rings. The van der Waals surface area contributed by atoms with Gasteiger partial charge in [-0.1, -0.05) is 26.3 Å². The zero-order chi connectivity index (χ0) is 10.4. The molecule has 14 heavy (non-hydrogen) atoms. The van der Waals surface area contributed by atoms with Gasteiger partial charge in [0.1, 0.15) is 0 Å². The van der Waals surface area contributed by atoms with Crippen LogP contribution in [0.4, 0.5) is 0 Å². The maximum Gasteiger partial charge on any atom is 0.0130 e. The molecular formula is C13H25N. The molecule has 0 amide bonds. The van der Waals surface area contributed by atoms with Crippen molar-refractivity contribution in [3.05, 3.63) is 12.7 Å². The first-order valence-electron chi connectivity index (χ1n) is 6.12. The third-order valence-corrected chi connectivity index (χ3v) is 3.38. The van der Waals surface area contributed by atoms with Crippen molar-refractivity contribution in [2.75, 3.05) is 6.54 Å². The molecule has 1 heteroatoms. The maximum absolute atomic E-state index is 3.86. The Balaban J connectivity index is 2.36. The van der Waals surface area contributed by atoms with Crippen LogP contribution in [0.5, 0.6) is 0 Å². The highest BCUT2D eigenvalue weighted by Gasteiger charge is 2.27. The Morgan fingerprint density at radius 1 is 1.50 bits per heavy atom. The summed E-state index contributed by atoms with van der Waals surface area (Å²) in [7, 11) is 0. The van der Waals surface area contributed by atoms with E-state index in [1.165, 1.54) is 25.7 Å². The van der Waals surface area contributed by atoms with Gasteiger partial charge in [-0.15, -0.1) is 6.58 Å². The summed E-state index contributed by atoms with van der Waals surface area (Å²) in [6, 6.07) is 0.692. The molecule has 0 bridgehead atoms. The van der Waals surface area contributed by atoms with Crippen LogP contribution in [-0.4, -0.2) is 12.6 Å². The Morgan fingerprint density at radius 3 is 2.79 bits per heavy atom. The van der Waals surface area contributed by atoms with Crippen molar-refractivity contribution in [3.8, 4) is 0 Å². The van der Waals surface area contributed by atoms with Crippen LogP contribution in [0.3, 0.4) is 0 Å². The predicted octanol–water partition coefficient (Wildman–Crippen LogP) is 3.37. The molecular weight excluding hydrogens is 170 g/mol. The quantitative estimate of drug-likeness (QED) is 0.641. The van der Waals surface area contributed by atoms with E-state index in [9.17, 15) is 0 Å². The summed E-state index contributed by atoms with van der Waals surface area (Å²) in [5, 5.41) is 3.66. The van der Waals surface area contributed by atoms with Gasteiger partial charge < -0.3 is 5.32 Å². The predicted molar refractivity (Wildman–Crippen MR) is 63.4 cm³/mol. The SMILES string of the molecule is C=CCC(NCCC)C1CCC(C)C1. The van der Waals surface area contributed by atoms with Crippen LogP contribution in [0.1, 0.15) is 46.0 Å². The fourth-order valence-electron chi connectivity index (χ4n) is 2.57. The van der Waals surface area contributed by atoms with Crippen LogP contribution >= 0.6 is 0 Å². The first-order valence-corrected chi connectivity index (χ1v) is 6.12. The van der Waals surface area contributed by atoms with E-state index in [2.05, 4.69) is 31.8 Å². The molecule has 1 aliphatic carbocycles. The summed E-state index contributed by atoms with van der Waals surface area (Å²) < 4.78 is 0. The lowest BCUT2D eigenvalue weighted by Gasteiger charge is -2.23. The van der Waals surface area contributed by atoms with Gasteiger partial charge in [0.15, 0.2) is 0 Å². The lowest BCUT2D eigenvalue weighted by Crippen LogP contribution is -2.35. The van der Waals surface area contributed by atoms with E-state index in [0.29, 0.717) is 6.04 Å². The molecule has 0 heterocycles. The fraction of sp³-hybridized carbons (Fsp3) is 0.846. The van der Waals surface area contributed by atoms with Crippen LogP contribution in [0.15, 0.2) is 12.7 Å². The van der Waals surface area contributed by atoms with E-state index < -0.39 is 0 Å². The molecule has 1 rings (SSSR count). The first-order chi connectivity index (χ1) is 6.77. The number of hydrogen-bond acceptors (Lipinski definition) is 1. The molecule has 0 spiro atoms. The van der Waals surface area contributed by atoms with Crippen molar-refractivity contribution in [3.63, 3.8) is 0 Å². The highest BCUT2D eigenvalue weighted by Crippen LogP contribution is 2.33. The fourth-order valence-corrected chi connectivity index (χ4v) is 2.57. The van der Waals surface area contributed by atoms with Crippen molar-refractivity contribution in [1.82, 2.24) is 5.32 Å². The Labute approximate surface area is 89.0 Å². The van der Waals surface area contributed by atoms with Crippen molar-refractivity contribution in [2.45, 2.75) is 52.0 Å². The second kappa shape index (κ2) is 6.23. The van der Waals surface area contributed by atoms with Gasteiger partial charge in [-0.05, 0) is 44.1 Å². The largest absolute Gasteiger partial charge is 0.313 e. The van der Waals surface area contributed by atoms with Crippen LogP contribution in [0.2, 0.25) is 0 Å². The summed E-state index contributed by atoms with van der Waals surface area (Å²) in [6.45, 7) is 9.63. The molecule has 1 saturated carbocycles. The molecule has 0 aromatic carbocycles. The Hall–Kier alpha value is -0.300. The maximum atomic E-state index is 3.86. The van der Waals surface area contributed by atoms with Gasteiger partial charge in [-0.3, -0.25) is 0 Å². The molecule has 0 saturated heterocycles. The molecule has 0 aromatic heterocycles. The normalized spacial score (nSPS) is 29.0. The summed E-state index contributed by atoms with van der Waals surface area (Å²) in [5.74, 6) is 1.84. The monoisotopic (exact) mass is 195 g/mol. The Kier molecular flexibility index (Phi) is 5.24. The molecule has 1 fully saturated rings. The summed E-state index contributed by atoms with van der Waals surface area (Å²) in [6.07, 6.45) is 8.68. The summed E-state index contributed by atoms with van der Waals surface area (Å²) in [4.78, 5) is 0. The minimum Gasteiger partial charge on any atom is -0.313 e. The van der Waals surface area contributed by atoms with Crippen molar-refractivity contribution >= 4 is 0 Å². The molecule has 3 unspecified atom stereocenters. The topological polar surface area (TPSA) is 12.0 Å². The van der Waals surface area contributed by atoms with Crippen molar-refractivity contribution in [1.29, 1.82) is 0 Å². The van der Waals surface area contributed by atoms with Crippen molar-refractivity contribution in [2.24, 2.45) is 11.8 Å². The molecule has 3 atom stereocenters. The summed E-state index contributed by atoms with van der Waals surface area (Å²) >= 11 is 0. The van der Waals surface area contributed by atoms with E-state index in [-0.39, 0.29) is 0 Å². The van der Waals surface area contributed by atoms with E-state index in [4.69, 9.17) is 0 Å². The number of hydrogen-bond donors (Lipinski definition) is 1. The second-order valence-corrected chi connectivity index (χ2v) is 4.76. The standard InChI is InChI=1S/C13H25N/c1-4-6-13(14-9-5-2)12-8-7-11(3)10-12/h4,11-14H,1,5-10H2,2-3H3. The molecule has 0 radical (unpaired) electrons. The molecule has 1 nitrogen and oxygen atoms in total. The average Bonchev–Trinajstić information content (AvgIpc) is 2.59. The lowest BCUT2D eigenvalue weighted by atomic mass is 9.94. The van der Waals surface area contributed by atoms with Crippen LogP contribution in [0.25, 0.3) is 0 Å². The molecule has 0 aromatic rings. The van der Waals surface area contributed by atoms with Gasteiger partial charge in [0, 0.05) is 6.04 Å². The van der Waals surface area contributed by atoms with E-state index >= 15 is 0 Å². The smallest absolute Gasteiger partial charge is 0.0130 e. The van der Waals surface area contributed by atoms with Crippen LogP contribution in [-0.2, 0) is 0 Å². The average molecular weight is 195 g/mol. The number of rotatable bonds is 6. The molecule has 0 aliphatic heterocycles. The first kappa shape index (κ1) is 11.8. The zero-order valence-corrected chi connectivity index (χ0v) is 9.76. The van der Waals surface area contributed by atoms with Crippen LogP contribution in [0, 0.1) is 11.8 Å². The van der Waals surface area contributed by atoms with Gasteiger partial charge in [0.25, 0.3) is 0 Å². The second-order valence-electron chi connectivity index (χ2n) is 4.76. The van der Waals surface area contributed by atoms with Gasteiger partial charge >= 0.3 is 0 Å². The Bertz CT molecular complexity index is 165. The van der Waals surface area contributed by atoms with Gasteiger partial charge in [0.05, 0.1) is 0 Å². The lowest BCUT2D eigenvalue weighted by molar-refractivity contribution is 0.353. The molecule has 82 valence electrons. The minimum absolute atomic E-state index is 0.692. The van der Waals surface area contributed by atoms with E-state index in [1.54, 1.807) is 0 Å². The Morgan fingerprint density at radius 2 is 2.29 bits per heavy atom. The minimum atomic E-state index is 0.692. The zero-order valence-electron chi connectivity index (χ0n) is 9.76. The van der Waals surface area contributed by atoms with Crippen LogP contribution < -0.4 is 5.32 Å². The van der Waals surface area contributed by atoms with E-state index in [1.807, 2.05) is 0 Å². The molecule has 1 N–H and O–H groups in total. The van der Waals surface area contributed by atoms with E-state index in [0.717, 1.165) is 24.8 Å². The number of nitrogens with one attached hydrogen (secondary N) is 1. The van der Waals surface area contributed by atoms with Gasteiger partial charge in [-0.2, -0.15) is 0 Å². The van der Waals surface area contributed by atoms with Crippen molar-refractivity contribution < 1.29 is 0 Å². The highest BCUT2D eigenvalue weighted by molar-refractivity contribution is 4.87. The third-order valence-electron chi connectivity index (χ3n) is 3.38. The van der Waals surface area contributed by atoms with Gasteiger partial charge in [-0.25, -0.2) is 0 Å². The van der Waals surface area contributed by atoms with Gasteiger partial charge in [0.2, 0.25) is 0 Å². The summed E-state index contributed by atoms with van der Waals surface area (Å²) in [5.41, 5.74) is 0.